The summed E-state index contributed by atoms with van der Waals surface area (Å²) in [5.41, 5.74) is 2.80. The number of nitrogens with one attached hydrogen (secondary N) is 2. The number of ether oxygens (including phenoxy) is 2. The summed E-state index contributed by atoms with van der Waals surface area (Å²) in [6.07, 6.45) is 0. The third-order valence-electron chi connectivity index (χ3n) is 5.14. The van der Waals surface area contributed by atoms with Crippen LogP contribution in [0, 0.1) is 19.8 Å². The number of aromatic nitrogens is 2. The van der Waals surface area contributed by atoms with Gasteiger partial charge in [-0.05, 0) is 74.0 Å². The summed E-state index contributed by atoms with van der Waals surface area (Å²) in [5.74, 6) is 0.147. The summed E-state index contributed by atoms with van der Waals surface area (Å²) < 4.78 is 10.5. The molecular formula is C26H30N4O4S. The van der Waals surface area contributed by atoms with E-state index < -0.39 is 11.9 Å². The number of hydrogen-bond acceptors (Lipinski definition) is 7. The van der Waals surface area contributed by atoms with Crippen LogP contribution in [0.2, 0.25) is 0 Å². The molecule has 0 aliphatic carbocycles. The Morgan fingerprint density at radius 3 is 1.97 bits per heavy atom. The predicted octanol–water partition coefficient (Wildman–Crippen LogP) is 4.65. The number of hydrogen-bond donors (Lipinski definition) is 2. The van der Waals surface area contributed by atoms with E-state index in [4.69, 9.17) is 9.47 Å². The molecule has 3 rings (SSSR count). The van der Waals surface area contributed by atoms with Crippen LogP contribution < -0.4 is 20.1 Å². The minimum atomic E-state index is -0.739. The van der Waals surface area contributed by atoms with Crippen molar-refractivity contribution in [1.29, 1.82) is 0 Å². The highest BCUT2D eigenvalue weighted by atomic mass is 32.2. The average molecular weight is 495 g/mol. The Morgan fingerprint density at radius 1 is 0.886 bits per heavy atom. The van der Waals surface area contributed by atoms with E-state index in [9.17, 15) is 9.59 Å². The maximum atomic E-state index is 13.0. The standard InChI is InChI=1S/C26H30N4O4S/c1-15(2)23(30-24(31)18-12-20(33-5)14-21(13-18)34-6)25(32)29-19-7-9-22(10-8-19)35-26-27-16(3)11-17(4)28-26/h7-15,23H,1-6H3,(H,29,32)(H,30,31)/t23-/m1/s1. The van der Waals surface area contributed by atoms with Gasteiger partial charge in [-0.2, -0.15) is 0 Å². The van der Waals surface area contributed by atoms with Gasteiger partial charge >= 0.3 is 0 Å². The van der Waals surface area contributed by atoms with Gasteiger partial charge in [-0.25, -0.2) is 9.97 Å². The second-order valence-electron chi connectivity index (χ2n) is 8.35. The molecular weight excluding hydrogens is 464 g/mol. The number of methoxy groups -OCH3 is 2. The largest absolute Gasteiger partial charge is 0.497 e. The first-order valence-electron chi connectivity index (χ1n) is 11.1. The van der Waals surface area contributed by atoms with Crippen LogP contribution in [0.15, 0.2) is 58.6 Å². The molecule has 3 aromatic rings. The van der Waals surface area contributed by atoms with Gasteiger partial charge in [0.2, 0.25) is 5.91 Å². The van der Waals surface area contributed by atoms with Gasteiger partial charge in [0.05, 0.1) is 14.2 Å². The van der Waals surface area contributed by atoms with E-state index in [0.29, 0.717) is 27.9 Å². The normalized spacial score (nSPS) is 11.6. The van der Waals surface area contributed by atoms with Crippen LogP contribution >= 0.6 is 11.8 Å². The highest BCUT2D eigenvalue weighted by Crippen LogP contribution is 2.27. The third kappa shape index (κ3) is 7.19. The topological polar surface area (TPSA) is 102 Å². The van der Waals surface area contributed by atoms with E-state index >= 15 is 0 Å². The fourth-order valence-corrected chi connectivity index (χ4v) is 4.23. The number of benzene rings is 2. The molecule has 0 aliphatic rings. The first kappa shape index (κ1) is 26.0. The van der Waals surface area contributed by atoms with Crippen LogP contribution in [-0.2, 0) is 4.79 Å². The smallest absolute Gasteiger partial charge is 0.252 e. The minimum Gasteiger partial charge on any atom is -0.497 e. The number of carbonyl (C=O) groups is 2. The van der Waals surface area contributed by atoms with Crippen LogP contribution in [0.3, 0.4) is 0 Å². The number of amides is 2. The Morgan fingerprint density at radius 2 is 1.46 bits per heavy atom. The number of nitrogens with zero attached hydrogens (tertiary/aromatic N) is 2. The molecule has 2 amide bonds. The van der Waals surface area contributed by atoms with Gasteiger partial charge in [-0.15, -0.1) is 0 Å². The van der Waals surface area contributed by atoms with Gasteiger partial charge < -0.3 is 20.1 Å². The summed E-state index contributed by atoms with van der Waals surface area (Å²) in [6, 6.07) is 13.5. The molecule has 0 radical (unpaired) electrons. The van der Waals surface area contributed by atoms with E-state index in [1.165, 1.54) is 26.0 Å². The van der Waals surface area contributed by atoms with Crippen molar-refractivity contribution in [3.63, 3.8) is 0 Å². The van der Waals surface area contributed by atoms with Crippen molar-refractivity contribution >= 4 is 29.3 Å². The van der Waals surface area contributed by atoms with Crippen LogP contribution in [0.5, 0.6) is 11.5 Å². The second kappa shape index (κ2) is 11.7. The lowest BCUT2D eigenvalue weighted by Gasteiger charge is -2.22. The first-order chi connectivity index (χ1) is 16.7. The summed E-state index contributed by atoms with van der Waals surface area (Å²) in [6.45, 7) is 7.62. The monoisotopic (exact) mass is 494 g/mol. The molecule has 0 spiro atoms. The Bertz CT molecular complexity index is 1160. The van der Waals surface area contributed by atoms with Crippen molar-refractivity contribution in [2.45, 2.75) is 43.8 Å². The van der Waals surface area contributed by atoms with Gasteiger partial charge in [-0.3, -0.25) is 9.59 Å². The van der Waals surface area contributed by atoms with Crippen LogP contribution in [0.25, 0.3) is 0 Å². The molecule has 2 N–H and O–H groups in total. The van der Waals surface area contributed by atoms with Gasteiger partial charge in [0.25, 0.3) is 5.91 Å². The fourth-order valence-electron chi connectivity index (χ4n) is 3.37. The van der Waals surface area contributed by atoms with Crippen molar-refractivity contribution in [2.24, 2.45) is 5.92 Å². The molecule has 1 aromatic heterocycles. The molecule has 0 aliphatic heterocycles. The van der Waals surface area contributed by atoms with E-state index in [0.717, 1.165) is 16.3 Å². The lowest BCUT2D eigenvalue weighted by Crippen LogP contribution is -2.47. The number of carbonyl (C=O) groups excluding carboxylic acids is 2. The Hall–Kier alpha value is -3.59. The molecule has 9 heteroatoms. The zero-order valence-corrected chi connectivity index (χ0v) is 21.5. The van der Waals surface area contributed by atoms with Gasteiger partial charge in [0.1, 0.15) is 17.5 Å². The Kier molecular flexibility index (Phi) is 8.70. The second-order valence-corrected chi connectivity index (χ2v) is 9.39. The average Bonchev–Trinajstić information content (AvgIpc) is 2.82. The highest BCUT2D eigenvalue weighted by Gasteiger charge is 2.25. The molecule has 0 saturated carbocycles. The van der Waals surface area contributed by atoms with Crippen LogP contribution in [0.4, 0.5) is 5.69 Å². The number of anilines is 1. The number of aryl methyl sites for hydroxylation is 2. The molecule has 0 saturated heterocycles. The summed E-state index contributed by atoms with van der Waals surface area (Å²) in [5, 5.41) is 6.40. The molecule has 0 bridgehead atoms. The van der Waals surface area contributed by atoms with E-state index in [1.807, 2.05) is 58.0 Å². The van der Waals surface area contributed by atoms with E-state index in [1.54, 1.807) is 18.2 Å². The maximum absolute atomic E-state index is 13.0. The highest BCUT2D eigenvalue weighted by molar-refractivity contribution is 7.99. The fraction of sp³-hybridized carbons (Fsp3) is 0.308. The summed E-state index contributed by atoms with van der Waals surface area (Å²) in [4.78, 5) is 35.8. The van der Waals surface area contributed by atoms with Crippen LogP contribution in [-0.4, -0.2) is 42.0 Å². The van der Waals surface area contributed by atoms with E-state index in [-0.39, 0.29) is 11.8 Å². The molecule has 2 aromatic carbocycles. The molecule has 1 heterocycles. The lowest BCUT2D eigenvalue weighted by atomic mass is 10.0. The summed E-state index contributed by atoms with van der Waals surface area (Å²) in [7, 11) is 3.03. The third-order valence-corrected chi connectivity index (χ3v) is 6.02. The zero-order valence-electron chi connectivity index (χ0n) is 20.7. The lowest BCUT2D eigenvalue weighted by molar-refractivity contribution is -0.118. The zero-order chi connectivity index (χ0) is 25.5. The Balaban J connectivity index is 1.68. The SMILES string of the molecule is COc1cc(OC)cc(C(=O)N[C@@H](C(=O)Nc2ccc(Sc3nc(C)cc(C)n3)cc2)C(C)C)c1. The molecule has 0 unspecified atom stereocenters. The van der Waals surface area contributed by atoms with Crippen LogP contribution in [0.1, 0.15) is 35.6 Å². The maximum Gasteiger partial charge on any atom is 0.252 e. The van der Waals surface area contributed by atoms with Gasteiger partial charge in [0, 0.05) is 33.6 Å². The van der Waals surface area contributed by atoms with E-state index in [2.05, 4.69) is 20.6 Å². The molecule has 1 atom stereocenters. The van der Waals surface area contributed by atoms with Crippen molar-refractivity contribution in [3.05, 3.63) is 65.5 Å². The van der Waals surface area contributed by atoms with Gasteiger partial charge in [0.15, 0.2) is 5.16 Å². The van der Waals surface area contributed by atoms with Crippen molar-refractivity contribution in [3.8, 4) is 11.5 Å². The minimum absolute atomic E-state index is 0.136. The Labute approximate surface area is 209 Å². The molecule has 8 nitrogen and oxygen atoms in total. The van der Waals surface area contributed by atoms with Crippen molar-refractivity contribution in [1.82, 2.24) is 15.3 Å². The predicted molar refractivity (Wildman–Crippen MR) is 136 cm³/mol. The van der Waals surface area contributed by atoms with Crippen molar-refractivity contribution in [2.75, 3.05) is 19.5 Å². The van der Waals surface area contributed by atoms with Crippen molar-refractivity contribution < 1.29 is 19.1 Å². The number of rotatable bonds is 9. The molecule has 0 fully saturated rings. The van der Waals surface area contributed by atoms with Gasteiger partial charge in [-0.1, -0.05) is 13.8 Å². The quantitative estimate of drug-likeness (QED) is 0.417. The molecule has 35 heavy (non-hydrogen) atoms. The molecule has 184 valence electrons. The first-order valence-corrected chi connectivity index (χ1v) is 11.9. The summed E-state index contributed by atoms with van der Waals surface area (Å²) >= 11 is 1.45.